The summed E-state index contributed by atoms with van der Waals surface area (Å²) in [5.41, 5.74) is 3.57. The minimum atomic E-state index is -0.365. The first-order valence-electron chi connectivity index (χ1n) is 12.0. The summed E-state index contributed by atoms with van der Waals surface area (Å²) in [6.45, 7) is 7.54. The predicted octanol–water partition coefficient (Wildman–Crippen LogP) is 4.02. The molecule has 4 aromatic rings. The van der Waals surface area contributed by atoms with Crippen LogP contribution in [0.4, 0.5) is 5.69 Å². The second kappa shape index (κ2) is 9.32. The molecule has 1 amide bonds. The Labute approximate surface area is 222 Å². The monoisotopic (exact) mass is 539 g/mol. The van der Waals surface area contributed by atoms with Crippen molar-refractivity contribution in [2.24, 2.45) is 0 Å². The van der Waals surface area contributed by atoms with Crippen LogP contribution in [0.5, 0.6) is 11.8 Å². The Morgan fingerprint density at radius 3 is 2.95 bits per heavy atom. The number of ether oxygens (including phenoxy) is 2. The molecule has 12 heteroatoms. The molecular weight excluding hydrogens is 514 g/mol. The van der Waals surface area contributed by atoms with Crippen molar-refractivity contribution < 1.29 is 14.3 Å². The molecule has 0 radical (unpaired) electrons. The van der Waals surface area contributed by atoms with Crippen molar-refractivity contribution in [1.82, 2.24) is 30.2 Å². The molecule has 0 bridgehead atoms. The zero-order valence-electron chi connectivity index (χ0n) is 20.7. The van der Waals surface area contributed by atoms with Gasteiger partial charge in [-0.25, -0.2) is 15.0 Å². The second-order valence-corrected chi connectivity index (χ2v) is 11.2. The van der Waals surface area contributed by atoms with Gasteiger partial charge in [-0.05, 0) is 37.6 Å². The molecule has 3 aromatic heterocycles. The lowest BCUT2D eigenvalue weighted by molar-refractivity contribution is 0.0926. The molecule has 0 aliphatic carbocycles. The maximum atomic E-state index is 12.9. The number of amides is 1. The van der Waals surface area contributed by atoms with E-state index in [0.717, 1.165) is 46.5 Å². The standard InChI is InChI=1S/C25H26ClN7O3S/c1-25(2)12-28-20-18-16(37-21(20)22(34)32-25)5-4-15-19(18)27-10-17(29-15)36-23-13-11-33(8-9-35-3)7-6-14(13)30-24(26)31-23/h4-5,10,28H,6-9,11-12H2,1-3H3,(H,32,34). The van der Waals surface area contributed by atoms with Crippen LogP contribution in [0.15, 0.2) is 18.3 Å². The van der Waals surface area contributed by atoms with Crippen molar-refractivity contribution in [2.45, 2.75) is 32.4 Å². The number of fused-ring (bicyclic) bond motifs is 6. The first-order valence-corrected chi connectivity index (χ1v) is 13.2. The number of hydrogen-bond acceptors (Lipinski definition) is 10. The summed E-state index contributed by atoms with van der Waals surface area (Å²) < 4.78 is 12.3. The summed E-state index contributed by atoms with van der Waals surface area (Å²) in [5, 5.41) is 7.57. The smallest absolute Gasteiger partial charge is 0.263 e. The van der Waals surface area contributed by atoms with Gasteiger partial charge in [0.15, 0.2) is 0 Å². The normalized spacial score (nSPS) is 17.1. The maximum Gasteiger partial charge on any atom is 0.263 e. The summed E-state index contributed by atoms with van der Waals surface area (Å²) in [6, 6.07) is 3.86. The molecule has 2 N–H and O–H groups in total. The van der Waals surface area contributed by atoms with Crippen LogP contribution in [-0.2, 0) is 17.7 Å². The van der Waals surface area contributed by atoms with Gasteiger partial charge in [-0.3, -0.25) is 9.69 Å². The fourth-order valence-electron chi connectivity index (χ4n) is 4.75. The third kappa shape index (κ3) is 4.56. The molecule has 10 nitrogen and oxygen atoms in total. The number of aromatic nitrogens is 4. The van der Waals surface area contributed by atoms with E-state index in [1.165, 1.54) is 11.3 Å². The van der Waals surface area contributed by atoms with Gasteiger partial charge in [0.25, 0.3) is 5.91 Å². The van der Waals surface area contributed by atoms with Crippen LogP contribution in [0, 0.1) is 0 Å². The number of anilines is 1. The number of hydrogen-bond donors (Lipinski definition) is 2. The summed E-state index contributed by atoms with van der Waals surface area (Å²) in [7, 11) is 1.69. The molecule has 2 aliphatic heterocycles. The number of halogens is 1. The molecule has 5 heterocycles. The summed E-state index contributed by atoms with van der Waals surface area (Å²) >= 11 is 7.67. The Bertz CT molecular complexity index is 1540. The zero-order chi connectivity index (χ0) is 25.7. The summed E-state index contributed by atoms with van der Waals surface area (Å²) in [4.78, 5) is 34.0. The number of carbonyl (C=O) groups excluding carboxylic acids is 1. The largest absolute Gasteiger partial charge is 0.418 e. The molecule has 1 aromatic carbocycles. The molecule has 37 heavy (non-hydrogen) atoms. The van der Waals surface area contributed by atoms with Crippen LogP contribution in [0.3, 0.4) is 0 Å². The van der Waals surface area contributed by atoms with Crippen LogP contribution in [0.25, 0.3) is 21.1 Å². The van der Waals surface area contributed by atoms with Gasteiger partial charge in [-0.1, -0.05) is 0 Å². The number of benzene rings is 1. The molecule has 0 saturated carbocycles. The average molecular weight is 540 g/mol. The highest BCUT2D eigenvalue weighted by Crippen LogP contribution is 2.41. The van der Waals surface area contributed by atoms with Crippen molar-refractivity contribution in [3.05, 3.63) is 39.7 Å². The van der Waals surface area contributed by atoms with Gasteiger partial charge >= 0.3 is 0 Å². The average Bonchev–Trinajstić information content (AvgIpc) is 3.20. The minimum absolute atomic E-state index is 0.0859. The minimum Gasteiger partial charge on any atom is -0.418 e. The predicted molar refractivity (Wildman–Crippen MR) is 143 cm³/mol. The fraction of sp³-hybridized carbons (Fsp3) is 0.400. The number of rotatable bonds is 5. The first kappa shape index (κ1) is 24.2. The molecule has 0 atom stereocenters. The van der Waals surface area contributed by atoms with Gasteiger partial charge in [-0.2, -0.15) is 4.98 Å². The highest BCUT2D eigenvalue weighted by atomic mass is 35.5. The van der Waals surface area contributed by atoms with E-state index in [1.54, 1.807) is 13.3 Å². The maximum absolute atomic E-state index is 12.9. The Kier molecular flexibility index (Phi) is 6.10. The van der Waals surface area contributed by atoms with Crippen molar-refractivity contribution in [1.29, 1.82) is 0 Å². The van der Waals surface area contributed by atoms with Crippen LogP contribution >= 0.6 is 22.9 Å². The Balaban J connectivity index is 1.36. The lowest BCUT2D eigenvalue weighted by Gasteiger charge is -2.28. The van der Waals surface area contributed by atoms with Crippen LogP contribution in [-0.4, -0.2) is 69.6 Å². The van der Waals surface area contributed by atoms with Crippen molar-refractivity contribution in [2.75, 3.05) is 38.7 Å². The highest BCUT2D eigenvalue weighted by Gasteiger charge is 2.30. The quantitative estimate of drug-likeness (QED) is 0.363. The van der Waals surface area contributed by atoms with E-state index in [9.17, 15) is 4.79 Å². The number of carbonyl (C=O) groups is 1. The third-order valence-electron chi connectivity index (χ3n) is 6.59. The topological polar surface area (TPSA) is 114 Å². The van der Waals surface area contributed by atoms with E-state index in [0.29, 0.717) is 47.4 Å². The van der Waals surface area contributed by atoms with Crippen molar-refractivity contribution in [3.63, 3.8) is 0 Å². The van der Waals surface area contributed by atoms with Gasteiger partial charge in [0, 0.05) is 49.8 Å². The molecular formula is C25H26ClN7O3S. The zero-order valence-corrected chi connectivity index (χ0v) is 22.3. The van der Waals surface area contributed by atoms with Gasteiger partial charge in [0.1, 0.15) is 4.88 Å². The van der Waals surface area contributed by atoms with Crippen molar-refractivity contribution >= 4 is 55.7 Å². The third-order valence-corrected chi connectivity index (χ3v) is 7.92. The Morgan fingerprint density at radius 2 is 2.11 bits per heavy atom. The number of nitrogens with zero attached hydrogens (tertiary/aromatic N) is 5. The van der Waals surface area contributed by atoms with E-state index in [-0.39, 0.29) is 16.7 Å². The van der Waals surface area contributed by atoms with E-state index in [1.807, 2.05) is 26.0 Å². The second-order valence-electron chi connectivity index (χ2n) is 9.86. The van der Waals surface area contributed by atoms with Crippen LogP contribution in [0.2, 0.25) is 5.28 Å². The molecule has 0 unspecified atom stereocenters. The highest BCUT2D eigenvalue weighted by molar-refractivity contribution is 7.21. The molecule has 6 rings (SSSR count). The first-order chi connectivity index (χ1) is 17.8. The SMILES string of the molecule is COCCN1CCc2nc(Cl)nc(Oc3cnc4c(ccc5sc6c(c54)NCC(C)(C)NC6=O)n3)c2C1. The van der Waals surface area contributed by atoms with Crippen LogP contribution < -0.4 is 15.4 Å². The Morgan fingerprint density at radius 1 is 1.24 bits per heavy atom. The molecule has 0 saturated heterocycles. The molecule has 2 aliphatic rings. The van der Waals surface area contributed by atoms with E-state index < -0.39 is 0 Å². The summed E-state index contributed by atoms with van der Waals surface area (Å²) in [6.07, 6.45) is 2.33. The lowest BCUT2D eigenvalue weighted by atomic mass is 10.1. The van der Waals surface area contributed by atoms with E-state index in [4.69, 9.17) is 31.0 Å². The van der Waals surface area contributed by atoms with Gasteiger partial charge < -0.3 is 20.1 Å². The molecule has 192 valence electrons. The summed E-state index contributed by atoms with van der Waals surface area (Å²) in [5.74, 6) is 0.611. The van der Waals surface area contributed by atoms with E-state index >= 15 is 0 Å². The van der Waals surface area contributed by atoms with Gasteiger partial charge in [-0.15, -0.1) is 11.3 Å². The van der Waals surface area contributed by atoms with Gasteiger partial charge in [0.05, 0.1) is 46.3 Å². The lowest BCUT2D eigenvalue weighted by Crippen LogP contribution is -2.46. The van der Waals surface area contributed by atoms with Gasteiger partial charge in [0.2, 0.25) is 17.0 Å². The molecule has 0 fully saturated rings. The molecule has 0 spiro atoms. The number of thiophene rings is 1. The fourth-order valence-corrected chi connectivity index (χ4v) is 6.01. The van der Waals surface area contributed by atoms with Crippen LogP contribution in [0.1, 0.15) is 34.8 Å². The van der Waals surface area contributed by atoms with E-state index in [2.05, 4.69) is 25.5 Å². The Hall–Kier alpha value is -3.12. The van der Waals surface area contributed by atoms with Crippen molar-refractivity contribution in [3.8, 4) is 11.8 Å². The number of methoxy groups -OCH3 is 1. The number of nitrogens with one attached hydrogen (secondary N) is 2.